The third-order valence-corrected chi connectivity index (χ3v) is 4.40. The molecule has 2 aromatic carbocycles. The van der Waals surface area contributed by atoms with Gasteiger partial charge in [0.25, 0.3) is 5.91 Å². The van der Waals surface area contributed by atoms with Gasteiger partial charge in [0.2, 0.25) is 5.95 Å². The highest BCUT2D eigenvalue weighted by molar-refractivity contribution is 5.93. The Labute approximate surface area is 171 Å². The van der Waals surface area contributed by atoms with Gasteiger partial charge in [-0.25, -0.2) is 9.97 Å². The molecule has 6 nitrogen and oxygen atoms in total. The minimum absolute atomic E-state index is 0.0596. The number of hydrogen-bond donors (Lipinski definition) is 1. The first-order valence-corrected chi connectivity index (χ1v) is 9.73. The Kier molecular flexibility index (Phi) is 6.79. The van der Waals surface area contributed by atoms with E-state index in [0.717, 1.165) is 17.0 Å². The van der Waals surface area contributed by atoms with Gasteiger partial charge in [0.15, 0.2) is 0 Å². The van der Waals surface area contributed by atoms with Crippen LogP contribution < -0.4 is 10.1 Å². The van der Waals surface area contributed by atoms with Crippen molar-refractivity contribution in [3.63, 3.8) is 0 Å². The quantitative estimate of drug-likeness (QED) is 0.605. The zero-order valence-electron chi connectivity index (χ0n) is 17.0. The summed E-state index contributed by atoms with van der Waals surface area (Å²) in [6.07, 6.45) is 3.12. The van der Waals surface area contributed by atoms with Gasteiger partial charge in [-0.05, 0) is 50.6 Å². The molecular formula is C23H26N4O2. The molecule has 150 valence electrons. The molecule has 0 aliphatic carbocycles. The number of amides is 1. The zero-order valence-corrected chi connectivity index (χ0v) is 17.0. The second-order valence-electron chi connectivity index (χ2n) is 6.89. The predicted molar refractivity (Wildman–Crippen MR) is 114 cm³/mol. The molecule has 3 aromatic rings. The summed E-state index contributed by atoms with van der Waals surface area (Å²) in [6.45, 7) is 7.13. The van der Waals surface area contributed by atoms with Crippen molar-refractivity contribution in [2.24, 2.45) is 0 Å². The van der Waals surface area contributed by atoms with Crippen molar-refractivity contribution in [2.75, 3.05) is 11.9 Å². The van der Waals surface area contributed by atoms with Gasteiger partial charge in [-0.15, -0.1) is 0 Å². The molecule has 29 heavy (non-hydrogen) atoms. The largest absolute Gasteiger partial charge is 0.494 e. The minimum atomic E-state index is -0.0866. The zero-order chi connectivity index (χ0) is 20.6. The van der Waals surface area contributed by atoms with E-state index in [4.69, 9.17) is 4.74 Å². The number of carbonyl (C=O) groups is 1. The van der Waals surface area contributed by atoms with Crippen molar-refractivity contribution in [2.45, 2.75) is 33.4 Å². The Morgan fingerprint density at radius 3 is 2.28 bits per heavy atom. The lowest BCUT2D eigenvalue weighted by molar-refractivity contribution is 0.0689. The van der Waals surface area contributed by atoms with Crippen LogP contribution >= 0.6 is 0 Å². The monoisotopic (exact) mass is 390 g/mol. The van der Waals surface area contributed by atoms with Crippen LogP contribution in [0, 0.1) is 0 Å². The SMILES string of the molecule is CCOc1ccc(Nc2ncc(C(=O)N(Cc3ccccc3)C(C)C)cn2)cc1. The van der Waals surface area contributed by atoms with E-state index in [1.165, 1.54) is 0 Å². The van der Waals surface area contributed by atoms with E-state index in [9.17, 15) is 4.79 Å². The number of hydrogen-bond acceptors (Lipinski definition) is 5. The van der Waals surface area contributed by atoms with Gasteiger partial charge >= 0.3 is 0 Å². The van der Waals surface area contributed by atoms with Crippen molar-refractivity contribution in [3.05, 3.63) is 78.1 Å². The fourth-order valence-electron chi connectivity index (χ4n) is 2.87. The molecule has 0 unspecified atom stereocenters. The second kappa shape index (κ2) is 9.68. The third kappa shape index (κ3) is 5.54. The standard InChI is InChI=1S/C23H26N4O2/c1-4-29-21-12-10-20(11-13-21)26-23-24-14-19(15-25-23)22(28)27(17(2)3)16-18-8-6-5-7-9-18/h5-15,17H,4,16H2,1-3H3,(H,24,25,26). The number of benzene rings is 2. The van der Waals surface area contributed by atoms with Crippen LogP contribution in [0.2, 0.25) is 0 Å². The molecule has 1 N–H and O–H groups in total. The molecule has 0 fully saturated rings. The normalized spacial score (nSPS) is 10.6. The van der Waals surface area contributed by atoms with Crippen LogP contribution in [0.15, 0.2) is 67.0 Å². The second-order valence-corrected chi connectivity index (χ2v) is 6.89. The molecule has 0 radical (unpaired) electrons. The van der Waals surface area contributed by atoms with E-state index in [1.807, 2.05) is 80.3 Å². The van der Waals surface area contributed by atoms with Gasteiger partial charge in [0, 0.05) is 30.7 Å². The molecule has 0 bridgehead atoms. The average Bonchev–Trinajstić information content (AvgIpc) is 2.74. The van der Waals surface area contributed by atoms with Crippen molar-refractivity contribution in [3.8, 4) is 5.75 Å². The van der Waals surface area contributed by atoms with E-state index < -0.39 is 0 Å². The van der Waals surface area contributed by atoms with E-state index in [2.05, 4.69) is 15.3 Å². The molecule has 6 heteroatoms. The summed E-state index contributed by atoms with van der Waals surface area (Å²) in [7, 11) is 0. The van der Waals surface area contributed by atoms with Gasteiger partial charge in [-0.3, -0.25) is 4.79 Å². The van der Waals surface area contributed by atoms with E-state index >= 15 is 0 Å². The number of aromatic nitrogens is 2. The smallest absolute Gasteiger partial charge is 0.257 e. The van der Waals surface area contributed by atoms with E-state index in [-0.39, 0.29) is 11.9 Å². The van der Waals surface area contributed by atoms with Crippen LogP contribution in [0.3, 0.4) is 0 Å². The molecule has 1 heterocycles. The van der Waals surface area contributed by atoms with Gasteiger partial charge < -0.3 is 15.0 Å². The third-order valence-electron chi connectivity index (χ3n) is 4.40. The van der Waals surface area contributed by atoms with Crippen molar-refractivity contribution in [1.29, 1.82) is 0 Å². The Hall–Kier alpha value is -3.41. The van der Waals surface area contributed by atoms with Crippen molar-refractivity contribution in [1.82, 2.24) is 14.9 Å². The van der Waals surface area contributed by atoms with Gasteiger partial charge in [-0.2, -0.15) is 0 Å². The molecule has 3 rings (SSSR count). The fraction of sp³-hybridized carbons (Fsp3) is 0.261. The Morgan fingerprint density at radius 2 is 1.69 bits per heavy atom. The lowest BCUT2D eigenvalue weighted by atomic mass is 10.1. The van der Waals surface area contributed by atoms with Gasteiger partial charge in [0.1, 0.15) is 5.75 Å². The molecular weight excluding hydrogens is 364 g/mol. The molecule has 0 saturated carbocycles. The first kappa shape index (κ1) is 20.3. The molecule has 1 aromatic heterocycles. The Balaban J connectivity index is 1.68. The summed E-state index contributed by atoms with van der Waals surface area (Å²) in [5, 5.41) is 3.13. The first-order valence-electron chi connectivity index (χ1n) is 9.73. The Bertz CT molecular complexity index is 910. The summed E-state index contributed by atoms with van der Waals surface area (Å²) in [4.78, 5) is 23.4. The van der Waals surface area contributed by atoms with Crippen LogP contribution in [0.4, 0.5) is 11.6 Å². The number of nitrogens with zero attached hydrogens (tertiary/aromatic N) is 3. The number of anilines is 2. The van der Waals surface area contributed by atoms with Crippen LogP contribution in [0.5, 0.6) is 5.75 Å². The first-order chi connectivity index (χ1) is 14.1. The maximum Gasteiger partial charge on any atom is 0.257 e. The highest BCUT2D eigenvalue weighted by Gasteiger charge is 2.20. The average molecular weight is 390 g/mol. The lowest BCUT2D eigenvalue weighted by Crippen LogP contribution is -2.36. The summed E-state index contributed by atoms with van der Waals surface area (Å²) in [5.74, 6) is 1.16. The minimum Gasteiger partial charge on any atom is -0.494 e. The number of nitrogens with one attached hydrogen (secondary N) is 1. The van der Waals surface area contributed by atoms with E-state index in [0.29, 0.717) is 24.7 Å². The highest BCUT2D eigenvalue weighted by Crippen LogP contribution is 2.19. The summed E-state index contributed by atoms with van der Waals surface area (Å²) >= 11 is 0. The summed E-state index contributed by atoms with van der Waals surface area (Å²) in [6, 6.07) is 17.6. The van der Waals surface area contributed by atoms with Crippen LogP contribution in [0.1, 0.15) is 36.7 Å². The summed E-state index contributed by atoms with van der Waals surface area (Å²) in [5.41, 5.74) is 2.40. The Morgan fingerprint density at radius 1 is 1.03 bits per heavy atom. The van der Waals surface area contributed by atoms with Crippen LogP contribution in [0.25, 0.3) is 0 Å². The highest BCUT2D eigenvalue weighted by atomic mass is 16.5. The lowest BCUT2D eigenvalue weighted by Gasteiger charge is -2.26. The molecule has 0 aliphatic rings. The molecule has 0 atom stereocenters. The van der Waals surface area contributed by atoms with Gasteiger partial charge in [0.05, 0.1) is 12.2 Å². The number of ether oxygens (including phenoxy) is 1. The van der Waals surface area contributed by atoms with E-state index in [1.54, 1.807) is 12.4 Å². The molecule has 0 spiro atoms. The van der Waals surface area contributed by atoms with Crippen LogP contribution in [-0.2, 0) is 6.54 Å². The van der Waals surface area contributed by atoms with Crippen LogP contribution in [-0.4, -0.2) is 33.4 Å². The maximum atomic E-state index is 13.0. The predicted octanol–water partition coefficient (Wildman–Crippen LogP) is 4.67. The fourth-order valence-corrected chi connectivity index (χ4v) is 2.87. The van der Waals surface area contributed by atoms with Crippen molar-refractivity contribution < 1.29 is 9.53 Å². The summed E-state index contributed by atoms with van der Waals surface area (Å²) < 4.78 is 5.44. The van der Waals surface area contributed by atoms with Gasteiger partial charge in [-0.1, -0.05) is 30.3 Å². The topological polar surface area (TPSA) is 67.3 Å². The number of rotatable bonds is 8. The number of carbonyl (C=O) groups excluding carboxylic acids is 1. The molecule has 0 aliphatic heterocycles. The maximum absolute atomic E-state index is 13.0. The molecule has 0 saturated heterocycles. The molecule has 1 amide bonds. The van der Waals surface area contributed by atoms with Crippen molar-refractivity contribution >= 4 is 17.5 Å².